The second-order valence-electron chi connectivity index (χ2n) is 12.0. The third-order valence-electron chi connectivity index (χ3n) is 9.60. The van der Waals surface area contributed by atoms with Crippen LogP contribution in [0.4, 0.5) is 15.8 Å². The lowest BCUT2D eigenvalue weighted by Gasteiger charge is -2.43. The number of nitrogens with one attached hydrogen (secondary N) is 2. The molecule has 3 fully saturated rings. The Hall–Kier alpha value is -3.64. The molecule has 3 heterocycles. The van der Waals surface area contributed by atoms with Crippen LogP contribution in [0, 0.1) is 35.4 Å². The highest BCUT2D eigenvalue weighted by Crippen LogP contribution is 2.69. The predicted molar refractivity (Wildman–Crippen MR) is 174 cm³/mol. The van der Waals surface area contributed by atoms with E-state index in [2.05, 4.69) is 10.3 Å². The normalized spacial score (nSPS) is 27.4. The third kappa shape index (κ3) is 4.78. The largest absolute Gasteiger partial charge is 0.483 e. The maximum atomic E-state index is 14.0. The van der Waals surface area contributed by atoms with Gasteiger partial charge in [0, 0.05) is 37.3 Å². The molecule has 2 saturated carbocycles. The molecule has 1 saturated heterocycles. The van der Waals surface area contributed by atoms with Crippen molar-refractivity contribution < 1.29 is 23.5 Å². The van der Waals surface area contributed by atoms with Gasteiger partial charge in [0.25, 0.3) is 5.91 Å². The minimum absolute atomic E-state index is 0.0565. The molecule has 1 aromatic heterocycles. The maximum absolute atomic E-state index is 14.0. The molecule has 3 aromatic carbocycles. The molecular formula is C33H24Cl2FN3O5S2. The lowest BCUT2D eigenvalue weighted by Crippen LogP contribution is -2.42. The van der Waals surface area contributed by atoms with Crippen LogP contribution in [0.15, 0.2) is 76.6 Å². The highest BCUT2D eigenvalue weighted by Gasteiger charge is 2.69. The third-order valence-corrected chi connectivity index (χ3v) is 12.7. The van der Waals surface area contributed by atoms with Crippen LogP contribution in [-0.4, -0.2) is 34.6 Å². The zero-order valence-electron chi connectivity index (χ0n) is 23.7. The van der Waals surface area contributed by atoms with Crippen LogP contribution in [0.2, 0.25) is 10.0 Å². The summed E-state index contributed by atoms with van der Waals surface area (Å²) in [5, 5.41) is 4.49. The van der Waals surface area contributed by atoms with Gasteiger partial charge in [-0.25, -0.2) is 4.39 Å². The quantitative estimate of drug-likeness (QED) is 0.221. The molecule has 234 valence electrons. The highest BCUT2D eigenvalue weighted by atomic mass is 35.5. The van der Waals surface area contributed by atoms with E-state index in [1.807, 2.05) is 0 Å². The van der Waals surface area contributed by atoms with Crippen molar-refractivity contribution in [3.63, 3.8) is 0 Å². The van der Waals surface area contributed by atoms with Crippen LogP contribution in [0.3, 0.4) is 0 Å². The first-order valence-electron chi connectivity index (χ1n) is 14.7. The number of H-pyrrole nitrogens is 1. The SMILES string of the molecule is O=C(COc1ccc(Cl)cc1[C@H]1c2sc(=O)[nH]c2SC2C1[C@H]1C[C@@H]2C2C(=O)N(c3ccc(F)cc3)C(=O)C21)Nc1ccc(Cl)cc1. The number of rotatable bonds is 6. The van der Waals surface area contributed by atoms with Gasteiger partial charge in [-0.1, -0.05) is 34.5 Å². The Balaban J connectivity index is 1.14. The number of amides is 3. The number of imide groups is 1. The van der Waals surface area contributed by atoms with Gasteiger partial charge in [0.1, 0.15) is 11.6 Å². The Bertz CT molecular complexity index is 1970. The van der Waals surface area contributed by atoms with Crippen LogP contribution in [-0.2, 0) is 14.4 Å². The summed E-state index contributed by atoms with van der Waals surface area (Å²) in [7, 11) is 0. The molecule has 2 bridgehead atoms. The number of hydrogen-bond donors (Lipinski definition) is 2. The Kier molecular flexibility index (Phi) is 7.28. The Morgan fingerprint density at radius 2 is 1.65 bits per heavy atom. The number of carbonyl (C=O) groups is 3. The van der Waals surface area contributed by atoms with Crippen molar-refractivity contribution >= 4 is 75.4 Å². The summed E-state index contributed by atoms with van der Waals surface area (Å²) in [6.45, 7) is -0.278. The van der Waals surface area contributed by atoms with E-state index in [0.717, 1.165) is 26.8 Å². The van der Waals surface area contributed by atoms with E-state index in [1.54, 1.807) is 54.2 Å². The number of thiazole rings is 1. The van der Waals surface area contributed by atoms with E-state index in [0.29, 0.717) is 33.6 Å². The van der Waals surface area contributed by atoms with Gasteiger partial charge in [-0.05, 0) is 90.9 Å². The molecule has 7 atom stereocenters. The average molecular weight is 697 g/mol. The summed E-state index contributed by atoms with van der Waals surface area (Å²) >= 11 is 15.2. The highest BCUT2D eigenvalue weighted by molar-refractivity contribution is 8.00. The topological polar surface area (TPSA) is 109 Å². The van der Waals surface area contributed by atoms with E-state index in [-0.39, 0.29) is 58.1 Å². The van der Waals surface area contributed by atoms with Gasteiger partial charge in [0.2, 0.25) is 11.8 Å². The average Bonchev–Trinajstić information content (AvgIpc) is 3.77. The second-order valence-corrected chi connectivity index (χ2v) is 15.1. The Morgan fingerprint density at radius 3 is 2.39 bits per heavy atom. The van der Waals surface area contributed by atoms with Gasteiger partial charge in [-0.2, -0.15) is 0 Å². The molecule has 13 heteroatoms. The Labute approximate surface area is 280 Å². The molecule has 2 aliphatic heterocycles. The van der Waals surface area contributed by atoms with E-state index in [9.17, 15) is 23.6 Å². The summed E-state index contributed by atoms with van der Waals surface area (Å²) in [5.41, 5.74) is 1.66. The fourth-order valence-corrected chi connectivity index (χ4v) is 11.2. The first kappa shape index (κ1) is 29.7. The maximum Gasteiger partial charge on any atom is 0.305 e. The number of thioether (sulfide) groups is 1. The molecule has 4 aliphatic rings. The summed E-state index contributed by atoms with van der Waals surface area (Å²) in [6, 6.07) is 17.3. The van der Waals surface area contributed by atoms with Crippen molar-refractivity contribution in [3.8, 4) is 5.75 Å². The number of aromatic nitrogens is 1. The number of nitrogens with zero attached hydrogens (tertiary/aromatic N) is 1. The number of fused-ring (bicyclic) bond motifs is 9. The van der Waals surface area contributed by atoms with Gasteiger partial charge < -0.3 is 15.0 Å². The van der Waals surface area contributed by atoms with Gasteiger partial charge in [0.15, 0.2) is 6.61 Å². The molecule has 0 radical (unpaired) electrons. The van der Waals surface area contributed by atoms with Crippen molar-refractivity contribution in [1.29, 1.82) is 0 Å². The number of anilines is 2. The monoisotopic (exact) mass is 695 g/mol. The zero-order valence-corrected chi connectivity index (χ0v) is 26.9. The molecule has 0 spiro atoms. The second kappa shape index (κ2) is 11.3. The lowest BCUT2D eigenvalue weighted by atomic mass is 9.68. The van der Waals surface area contributed by atoms with Crippen molar-refractivity contribution in [1.82, 2.24) is 4.98 Å². The number of ether oxygens (including phenoxy) is 1. The molecule has 3 amide bonds. The number of benzene rings is 3. The number of hydrogen-bond acceptors (Lipinski definition) is 7. The van der Waals surface area contributed by atoms with Crippen LogP contribution in [0.5, 0.6) is 5.75 Å². The fraction of sp³-hybridized carbons (Fsp3) is 0.273. The van der Waals surface area contributed by atoms with Crippen molar-refractivity contribution in [2.45, 2.75) is 22.6 Å². The van der Waals surface area contributed by atoms with E-state index < -0.39 is 17.7 Å². The minimum atomic E-state index is -0.530. The molecule has 4 unspecified atom stereocenters. The summed E-state index contributed by atoms with van der Waals surface area (Å²) in [4.78, 5) is 58.1. The Morgan fingerprint density at radius 1 is 0.957 bits per heavy atom. The number of halogens is 3. The summed E-state index contributed by atoms with van der Waals surface area (Å²) in [5.74, 6) is -2.64. The predicted octanol–water partition coefficient (Wildman–Crippen LogP) is 6.58. The number of carbonyl (C=O) groups excluding carboxylic acids is 3. The molecule has 2 N–H and O–H groups in total. The molecule has 46 heavy (non-hydrogen) atoms. The molecule has 8 nitrogen and oxygen atoms in total. The molecular weight excluding hydrogens is 672 g/mol. The van der Waals surface area contributed by atoms with E-state index in [4.69, 9.17) is 27.9 Å². The van der Waals surface area contributed by atoms with Crippen molar-refractivity contribution in [3.05, 3.63) is 103 Å². The first-order valence-corrected chi connectivity index (χ1v) is 17.1. The molecule has 2 aliphatic carbocycles. The molecule has 4 aromatic rings. The van der Waals surface area contributed by atoms with Gasteiger partial charge in [-0.3, -0.25) is 24.1 Å². The van der Waals surface area contributed by atoms with Crippen LogP contribution >= 0.6 is 46.3 Å². The van der Waals surface area contributed by atoms with Crippen LogP contribution in [0.25, 0.3) is 0 Å². The standard InChI is InChI=1S/C33H24Cl2FN3O5S2/c34-14-1-6-17(7-2-14)37-23(40)13-44-22-10-3-15(35)11-19(22)24-25-20-12-21(28(25)45-30-29(24)46-33(43)38-30)27-26(20)31(41)39(32(27)42)18-8-4-16(36)5-9-18/h1-11,20-21,24-28H,12-13H2,(H,37,40)(H,38,43)/t20-,21-,24-,25?,26?,27?,28?/m1/s1. The smallest absolute Gasteiger partial charge is 0.305 e. The lowest BCUT2D eigenvalue weighted by molar-refractivity contribution is -0.123. The van der Waals surface area contributed by atoms with Crippen LogP contribution in [0.1, 0.15) is 22.8 Å². The number of aromatic amines is 1. The fourth-order valence-electron chi connectivity index (χ4n) is 7.98. The summed E-state index contributed by atoms with van der Waals surface area (Å²) < 4.78 is 19.8. The van der Waals surface area contributed by atoms with Gasteiger partial charge >= 0.3 is 4.87 Å². The zero-order chi connectivity index (χ0) is 31.9. The van der Waals surface area contributed by atoms with Crippen molar-refractivity contribution in [2.75, 3.05) is 16.8 Å². The minimum Gasteiger partial charge on any atom is -0.483 e. The van der Waals surface area contributed by atoms with Crippen molar-refractivity contribution in [2.24, 2.45) is 29.6 Å². The molecule has 8 rings (SSSR count). The van der Waals surface area contributed by atoms with Gasteiger partial charge in [-0.15, -0.1) is 11.8 Å². The van der Waals surface area contributed by atoms with E-state index in [1.165, 1.54) is 29.2 Å². The van der Waals surface area contributed by atoms with Crippen LogP contribution < -0.4 is 19.8 Å². The van der Waals surface area contributed by atoms with Gasteiger partial charge in [0.05, 0.1) is 22.5 Å². The van der Waals surface area contributed by atoms with E-state index >= 15 is 0 Å². The summed E-state index contributed by atoms with van der Waals surface area (Å²) in [6.07, 6.45) is 0.697. The first-order chi connectivity index (χ1) is 22.2.